The molecule has 146 valence electrons. The molecule has 4 rings (SSSR count). The minimum absolute atomic E-state index is 0.0866. The summed E-state index contributed by atoms with van der Waals surface area (Å²) in [7, 11) is 0. The third-order valence-corrected chi connectivity index (χ3v) is 5.43. The summed E-state index contributed by atoms with van der Waals surface area (Å²) in [6.07, 6.45) is 2.43. The van der Waals surface area contributed by atoms with Gasteiger partial charge in [-0.25, -0.2) is 0 Å². The number of aryl methyl sites for hydroxylation is 3. The lowest BCUT2D eigenvalue weighted by Gasteiger charge is -2.30. The van der Waals surface area contributed by atoms with Gasteiger partial charge in [0, 0.05) is 43.4 Å². The van der Waals surface area contributed by atoms with Crippen molar-refractivity contribution < 1.29 is 9.21 Å². The zero-order valence-electron chi connectivity index (χ0n) is 16.2. The van der Waals surface area contributed by atoms with E-state index in [2.05, 4.69) is 15.2 Å². The summed E-state index contributed by atoms with van der Waals surface area (Å²) >= 11 is 0. The van der Waals surface area contributed by atoms with Gasteiger partial charge in [-0.15, -0.1) is 10.2 Å². The first-order chi connectivity index (χ1) is 13.5. The molecular weight excluding hydrogens is 356 g/mol. The maximum atomic E-state index is 12.6. The van der Waals surface area contributed by atoms with Crippen molar-refractivity contribution >= 4 is 16.8 Å². The van der Waals surface area contributed by atoms with Gasteiger partial charge in [0.25, 0.3) is 5.56 Å². The molecule has 0 saturated carbocycles. The predicted octanol–water partition coefficient (Wildman–Crippen LogP) is 2.87. The summed E-state index contributed by atoms with van der Waals surface area (Å²) in [5.74, 6) is 1.55. The Hall–Kier alpha value is -2.96. The highest BCUT2D eigenvalue weighted by Crippen LogP contribution is 2.27. The molecule has 1 saturated heterocycles. The summed E-state index contributed by atoms with van der Waals surface area (Å²) in [5, 5.41) is 8.97. The Morgan fingerprint density at radius 3 is 2.71 bits per heavy atom. The number of aromatic amines is 1. The molecule has 1 amide bonds. The molecule has 0 atom stereocenters. The van der Waals surface area contributed by atoms with Gasteiger partial charge in [0.15, 0.2) is 0 Å². The van der Waals surface area contributed by atoms with E-state index in [1.54, 1.807) is 6.92 Å². The molecule has 0 bridgehead atoms. The number of carbonyl (C=O) groups excluding carboxylic acids is 1. The molecule has 0 radical (unpaired) electrons. The van der Waals surface area contributed by atoms with Crippen molar-refractivity contribution in [1.29, 1.82) is 0 Å². The third kappa shape index (κ3) is 3.83. The van der Waals surface area contributed by atoms with Gasteiger partial charge in [0.1, 0.15) is 0 Å². The molecule has 28 heavy (non-hydrogen) atoms. The van der Waals surface area contributed by atoms with Gasteiger partial charge >= 0.3 is 0 Å². The first kappa shape index (κ1) is 18.4. The minimum atomic E-state index is -0.114. The molecule has 2 aromatic heterocycles. The van der Waals surface area contributed by atoms with Crippen LogP contribution in [0.4, 0.5) is 0 Å². The van der Waals surface area contributed by atoms with Gasteiger partial charge in [0.05, 0.1) is 0 Å². The Kier molecular flexibility index (Phi) is 4.98. The lowest BCUT2D eigenvalue weighted by Crippen LogP contribution is -2.38. The second-order valence-electron chi connectivity index (χ2n) is 7.53. The molecule has 1 aromatic carbocycles. The van der Waals surface area contributed by atoms with Crippen LogP contribution >= 0.6 is 0 Å². The summed E-state index contributed by atoms with van der Waals surface area (Å²) in [6, 6.07) is 7.87. The Morgan fingerprint density at radius 1 is 1.21 bits per heavy atom. The summed E-state index contributed by atoms with van der Waals surface area (Å²) in [5.41, 5.74) is 2.47. The second-order valence-corrected chi connectivity index (χ2v) is 7.53. The number of hydrogen-bond acceptors (Lipinski definition) is 5. The number of rotatable bonds is 4. The highest BCUT2D eigenvalue weighted by Gasteiger charge is 2.26. The average molecular weight is 380 g/mol. The van der Waals surface area contributed by atoms with E-state index in [9.17, 15) is 9.59 Å². The van der Waals surface area contributed by atoms with Crippen molar-refractivity contribution in [1.82, 2.24) is 20.1 Å². The molecule has 3 heterocycles. The number of piperidine rings is 1. The fourth-order valence-electron chi connectivity index (χ4n) is 3.80. The number of nitrogens with one attached hydrogen (secondary N) is 1. The predicted molar refractivity (Wildman–Crippen MR) is 105 cm³/mol. The Bertz CT molecular complexity index is 1060. The van der Waals surface area contributed by atoms with Crippen LogP contribution in [0, 0.1) is 13.8 Å². The third-order valence-electron chi connectivity index (χ3n) is 5.43. The maximum absolute atomic E-state index is 12.6. The summed E-state index contributed by atoms with van der Waals surface area (Å²) in [6.45, 7) is 5.13. The van der Waals surface area contributed by atoms with Crippen LogP contribution in [0.1, 0.15) is 48.1 Å². The zero-order chi connectivity index (χ0) is 19.7. The van der Waals surface area contributed by atoms with Gasteiger partial charge in [-0.3, -0.25) is 9.59 Å². The van der Waals surface area contributed by atoms with Crippen LogP contribution in [0.2, 0.25) is 0 Å². The quantitative estimate of drug-likeness (QED) is 0.751. The van der Waals surface area contributed by atoms with Crippen LogP contribution in [0.5, 0.6) is 0 Å². The molecule has 1 aliphatic heterocycles. The van der Waals surface area contributed by atoms with Gasteiger partial charge in [-0.05, 0) is 49.3 Å². The van der Waals surface area contributed by atoms with E-state index in [1.165, 1.54) is 0 Å². The highest BCUT2D eigenvalue weighted by atomic mass is 16.4. The fraction of sp³-hybridized carbons (Fsp3) is 0.429. The number of likely N-dealkylation sites (tertiary alicyclic amines) is 1. The van der Waals surface area contributed by atoms with Gasteiger partial charge in [-0.1, -0.05) is 12.1 Å². The first-order valence-corrected chi connectivity index (χ1v) is 9.70. The largest absolute Gasteiger partial charge is 0.425 e. The van der Waals surface area contributed by atoms with E-state index in [-0.39, 0.29) is 17.4 Å². The number of amides is 1. The number of hydrogen-bond donors (Lipinski definition) is 1. The first-order valence-electron chi connectivity index (χ1n) is 9.70. The van der Waals surface area contributed by atoms with Crippen LogP contribution in [0.3, 0.4) is 0 Å². The number of fused-ring (bicyclic) bond motifs is 1. The molecule has 0 spiro atoms. The smallest absolute Gasteiger partial charge is 0.251 e. The maximum Gasteiger partial charge on any atom is 0.251 e. The minimum Gasteiger partial charge on any atom is -0.425 e. The molecule has 1 N–H and O–H groups in total. The standard InChI is InChI=1S/C21H24N4O3/c1-13-3-4-16-12-17(20(27)22-18(16)11-13)5-6-19(26)25-9-7-15(8-10-25)21-24-23-14(2)28-21/h3-4,11-12,15H,5-10H2,1-2H3,(H,22,27). The van der Waals surface area contributed by atoms with Crippen LogP contribution in [0.15, 0.2) is 33.5 Å². The van der Waals surface area contributed by atoms with Crippen molar-refractivity contribution in [2.75, 3.05) is 13.1 Å². The van der Waals surface area contributed by atoms with Gasteiger partial charge in [0.2, 0.25) is 17.7 Å². The van der Waals surface area contributed by atoms with E-state index in [1.807, 2.05) is 36.1 Å². The molecule has 3 aromatic rings. The second kappa shape index (κ2) is 7.58. The molecular formula is C21H24N4O3. The monoisotopic (exact) mass is 380 g/mol. The normalized spacial score (nSPS) is 15.3. The van der Waals surface area contributed by atoms with E-state index in [0.29, 0.717) is 43.3 Å². The molecule has 0 unspecified atom stereocenters. The van der Waals surface area contributed by atoms with Crippen molar-refractivity contribution in [2.24, 2.45) is 0 Å². The number of benzene rings is 1. The average Bonchev–Trinajstić information content (AvgIpc) is 3.12. The number of aromatic nitrogens is 3. The van der Waals surface area contributed by atoms with Crippen molar-refractivity contribution in [3.8, 4) is 0 Å². The molecule has 7 heteroatoms. The molecule has 1 aliphatic rings. The fourth-order valence-corrected chi connectivity index (χ4v) is 3.80. The van der Waals surface area contributed by atoms with Crippen molar-refractivity contribution in [2.45, 2.75) is 45.4 Å². The van der Waals surface area contributed by atoms with Crippen molar-refractivity contribution in [3.05, 3.63) is 57.5 Å². The topological polar surface area (TPSA) is 92.1 Å². The van der Waals surface area contributed by atoms with Crippen molar-refractivity contribution in [3.63, 3.8) is 0 Å². The zero-order valence-corrected chi connectivity index (χ0v) is 16.2. The molecule has 1 fully saturated rings. The number of pyridine rings is 1. The Balaban J connectivity index is 1.36. The summed E-state index contributed by atoms with van der Waals surface area (Å²) in [4.78, 5) is 29.7. The van der Waals surface area contributed by atoms with Crippen LogP contribution < -0.4 is 5.56 Å². The number of H-pyrrole nitrogens is 1. The Morgan fingerprint density at radius 2 is 2.00 bits per heavy atom. The molecule has 7 nitrogen and oxygen atoms in total. The Labute approximate surface area is 162 Å². The number of carbonyl (C=O) groups is 1. The van der Waals surface area contributed by atoms with E-state index < -0.39 is 0 Å². The van der Waals surface area contributed by atoms with Crippen LogP contribution in [0.25, 0.3) is 10.9 Å². The lowest BCUT2D eigenvalue weighted by atomic mass is 9.96. The van der Waals surface area contributed by atoms with Crippen LogP contribution in [-0.2, 0) is 11.2 Å². The number of nitrogens with zero attached hydrogens (tertiary/aromatic N) is 3. The summed E-state index contributed by atoms with van der Waals surface area (Å²) < 4.78 is 5.52. The van der Waals surface area contributed by atoms with Crippen LogP contribution in [-0.4, -0.2) is 39.1 Å². The van der Waals surface area contributed by atoms with Gasteiger partial charge < -0.3 is 14.3 Å². The highest BCUT2D eigenvalue weighted by molar-refractivity contribution is 5.80. The SMILES string of the molecule is Cc1ccc2cc(CCC(=O)N3CCC(c4nnc(C)o4)CC3)c(=O)[nH]c2c1. The van der Waals surface area contributed by atoms with E-state index in [4.69, 9.17) is 4.42 Å². The lowest BCUT2D eigenvalue weighted by molar-refractivity contribution is -0.132. The van der Waals surface area contributed by atoms with E-state index in [0.717, 1.165) is 29.3 Å². The van der Waals surface area contributed by atoms with Gasteiger partial charge in [-0.2, -0.15) is 0 Å². The molecule has 0 aliphatic carbocycles. The van der Waals surface area contributed by atoms with E-state index >= 15 is 0 Å².